The largest absolute Gasteiger partial charge is 0.324 e. The van der Waals surface area contributed by atoms with Gasteiger partial charge in [0.15, 0.2) is 0 Å². The molecule has 0 fully saturated rings. The molecule has 1 amide bonds. The Bertz CT molecular complexity index is 1400. The van der Waals surface area contributed by atoms with Crippen LogP contribution in [0.3, 0.4) is 0 Å². The third kappa shape index (κ3) is 6.41. The minimum atomic E-state index is -3.88. The maximum atomic E-state index is 12.8. The Morgan fingerprint density at radius 3 is 2.03 bits per heavy atom. The summed E-state index contributed by atoms with van der Waals surface area (Å²) in [6, 6.07) is 16.7. The summed E-state index contributed by atoms with van der Waals surface area (Å²) in [5.41, 5.74) is 0.882. The number of nitrogens with zero attached hydrogens (tertiary/aromatic N) is 1. The van der Waals surface area contributed by atoms with Crippen LogP contribution in [0.5, 0.6) is 0 Å². The Morgan fingerprint density at radius 1 is 0.853 bits per heavy atom. The zero-order chi connectivity index (χ0) is 25.1. The van der Waals surface area contributed by atoms with Gasteiger partial charge in [0.1, 0.15) is 6.04 Å². The van der Waals surface area contributed by atoms with Gasteiger partial charge in [-0.2, -0.15) is 0 Å². The molecule has 1 atom stereocenters. The van der Waals surface area contributed by atoms with Crippen molar-refractivity contribution < 1.29 is 21.6 Å². The SMILES string of the molecule is C[C@@H](C(=O)Nc1ccc(S(=O)(=O)Nc2cccc(Cl)c2)cc1)N(c1ccc(Cl)cc1)S(C)(=O)=O. The molecule has 0 saturated carbocycles. The van der Waals surface area contributed by atoms with Gasteiger partial charge >= 0.3 is 0 Å². The molecule has 0 bridgehead atoms. The van der Waals surface area contributed by atoms with Crippen LogP contribution in [0.15, 0.2) is 77.7 Å². The molecule has 0 aromatic heterocycles. The summed E-state index contributed by atoms with van der Waals surface area (Å²) < 4.78 is 53.4. The van der Waals surface area contributed by atoms with E-state index < -0.39 is 32.0 Å². The third-order valence-electron chi connectivity index (χ3n) is 4.68. The lowest BCUT2D eigenvalue weighted by Gasteiger charge is -2.28. The van der Waals surface area contributed by atoms with Gasteiger partial charge in [-0.1, -0.05) is 29.3 Å². The fourth-order valence-corrected chi connectivity index (χ4v) is 5.67. The number of halogens is 2. The van der Waals surface area contributed by atoms with E-state index in [1.807, 2.05) is 0 Å². The first-order valence-electron chi connectivity index (χ1n) is 9.81. The van der Waals surface area contributed by atoms with Crippen LogP contribution in [-0.2, 0) is 24.8 Å². The first-order chi connectivity index (χ1) is 15.9. The molecule has 0 unspecified atom stereocenters. The highest BCUT2D eigenvalue weighted by Gasteiger charge is 2.29. The van der Waals surface area contributed by atoms with Gasteiger partial charge in [-0.25, -0.2) is 16.8 Å². The number of sulfonamides is 2. The molecule has 0 aliphatic rings. The lowest BCUT2D eigenvalue weighted by atomic mass is 10.2. The van der Waals surface area contributed by atoms with Crippen molar-refractivity contribution in [3.8, 4) is 0 Å². The van der Waals surface area contributed by atoms with Gasteiger partial charge in [0, 0.05) is 15.7 Å². The molecule has 0 saturated heterocycles. The quantitative estimate of drug-likeness (QED) is 0.433. The number of hydrogen-bond donors (Lipinski definition) is 2. The second kappa shape index (κ2) is 10.2. The number of benzene rings is 3. The summed E-state index contributed by atoms with van der Waals surface area (Å²) in [5.74, 6) is -0.604. The smallest absolute Gasteiger partial charge is 0.261 e. The zero-order valence-electron chi connectivity index (χ0n) is 18.1. The summed E-state index contributed by atoms with van der Waals surface area (Å²) in [4.78, 5) is 12.8. The van der Waals surface area contributed by atoms with Gasteiger partial charge in [0.05, 0.1) is 22.5 Å². The Hall–Kier alpha value is -2.79. The molecule has 2 N–H and O–H groups in total. The molecule has 3 rings (SSSR count). The Morgan fingerprint density at radius 2 is 1.47 bits per heavy atom. The fraction of sp³-hybridized carbons (Fsp3) is 0.136. The molecule has 3 aromatic rings. The molecule has 0 heterocycles. The van der Waals surface area contributed by atoms with Crippen molar-refractivity contribution in [3.63, 3.8) is 0 Å². The molecule has 0 radical (unpaired) electrons. The van der Waals surface area contributed by atoms with Gasteiger partial charge in [0.25, 0.3) is 10.0 Å². The number of hydrogen-bond acceptors (Lipinski definition) is 5. The minimum absolute atomic E-state index is 0.0301. The van der Waals surface area contributed by atoms with Gasteiger partial charge in [-0.15, -0.1) is 0 Å². The minimum Gasteiger partial charge on any atom is -0.324 e. The van der Waals surface area contributed by atoms with Crippen LogP contribution < -0.4 is 14.3 Å². The van der Waals surface area contributed by atoms with Gasteiger partial charge in [-0.3, -0.25) is 13.8 Å². The van der Waals surface area contributed by atoms with Crippen LogP contribution in [0.25, 0.3) is 0 Å². The van der Waals surface area contributed by atoms with Crippen LogP contribution in [0, 0.1) is 0 Å². The number of carbonyl (C=O) groups excluding carboxylic acids is 1. The monoisotopic (exact) mass is 541 g/mol. The van der Waals surface area contributed by atoms with Crippen molar-refractivity contribution >= 4 is 66.2 Å². The van der Waals surface area contributed by atoms with E-state index in [4.69, 9.17) is 23.2 Å². The van der Waals surface area contributed by atoms with Crippen LogP contribution >= 0.6 is 23.2 Å². The third-order valence-corrected chi connectivity index (χ3v) is 7.80. The second-order valence-electron chi connectivity index (χ2n) is 7.34. The molecule has 8 nitrogen and oxygen atoms in total. The highest BCUT2D eigenvalue weighted by atomic mass is 35.5. The fourth-order valence-electron chi connectivity index (χ4n) is 3.13. The first-order valence-corrected chi connectivity index (χ1v) is 13.9. The van der Waals surface area contributed by atoms with Crippen molar-refractivity contribution in [2.45, 2.75) is 17.9 Å². The van der Waals surface area contributed by atoms with E-state index >= 15 is 0 Å². The van der Waals surface area contributed by atoms with E-state index in [0.717, 1.165) is 10.6 Å². The highest BCUT2D eigenvalue weighted by molar-refractivity contribution is 7.92. The maximum Gasteiger partial charge on any atom is 0.261 e. The zero-order valence-corrected chi connectivity index (χ0v) is 21.2. The van der Waals surface area contributed by atoms with E-state index in [-0.39, 0.29) is 10.6 Å². The molecule has 0 spiro atoms. The summed E-state index contributed by atoms with van der Waals surface area (Å²) in [7, 11) is -7.68. The van der Waals surface area contributed by atoms with Gasteiger partial charge in [-0.05, 0) is 73.7 Å². The van der Waals surface area contributed by atoms with Crippen LogP contribution in [0.2, 0.25) is 10.0 Å². The van der Waals surface area contributed by atoms with E-state index in [1.54, 1.807) is 18.2 Å². The molecule has 180 valence electrons. The van der Waals surface area contributed by atoms with Crippen molar-refractivity contribution in [2.24, 2.45) is 0 Å². The highest BCUT2D eigenvalue weighted by Crippen LogP contribution is 2.24. The van der Waals surface area contributed by atoms with E-state index in [0.29, 0.717) is 21.4 Å². The number of rotatable bonds is 8. The maximum absolute atomic E-state index is 12.8. The number of nitrogens with one attached hydrogen (secondary N) is 2. The Balaban J connectivity index is 1.76. The topological polar surface area (TPSA) is 113 Å². The number of anilines is 3. The molecule has 12 heteroatoms. The number of carbonyl (C=O) groups is 1. The molecule has 0 aliphatic heterocycles. The summed E-state index contributed by atoms with van der Waals surface area (Å²) in [6.45, 7) is 1.44. The predicted molar refractivity (Wildman–Crippen MR) is 136 cm³/mol. The van der Waals surface area contributed by atoms with Gasteiger partial charge < -0.3 is 5.32 Å². The van der Waals surface area contributed by atoms with E-state index in [9.17, 15) is 21.6 Å². The lowest BCUT2D eigenvalue weighted by molar-refractivity contribution is -0.116. The Kier molecular flexibility index (Phi) is 7.77. The molecule has 3 aromatic carbocycles. The first kappa shape index (κ1) is 25.8. The summed E-state index contributed by atoms with van der Waals surface area (Å²) >= 11 is 11.8. The van der Waals surface area contributed by atoms with Crippen molar-refractivity contribution in [3.05, 3.63) is 82.8 Å². The number of amides is 1. The van der Waals surface area contributed by atoms with Crippen LogP contribution in [0.4, 0.5) is 17.1 Å². The molecular formula is C22H21Cl2N3O5S2. The lowest BCUT2D eigenvalue weighted by Crippen LogP contribution is -2.45. The standard InChI is InChI=1S/C22H21Cl2N3O5S2/c1-15(27(33(2,29)30)20-10-6-16(23)7-11-20)22(28)25-18-8-12-21(13-9-18)34(31,32)26-19-5-3-4-17(24)14-19/h3-15,26H,1-2H3,(H,25,28)/t15-/m0/s1. The Labute approximate surface area is 208 Å². The van der Waals surface area contributed by atoms with E-state index in [1.165, 1.54) is 61.5 Å². The molecular weight excluding hydrogens is 521 g/mol. The summed E-state index contributed by atoms with van der Waals surface area (Å²) in [6.07, 6.45) is 0.998. The predicted octanol–water partition coefficient (Wildman–Crippen LogP) is 4.59. The van der Waals surface area contributed by atoms with Crippen molar-refractivity contribution in [1.82, 2.24) is 0 Å². The van der Waals surface area contributed by atoms with Crippen LogP contribution in [0.1, 0.15) is 6.92 Å². The van der Waals surface area contributed by atoms with Gasteiger partial charge in [0.2, 0.25) is 15.9 Å². The van der Waals surface area contributed by atoms with Crippen LogP contribution in [-0.4, -0.2) is 35.0 Å². The normalized spacial score (nSPS) is 12.6. The second-order valence-corrected chi connectivity index (χ2v) is 11.8. The van der Waals surface area contributed by atoms with Crippen molar-refractivity contribution in [1.29, 1.82) is 0 Å². The molecule has 0 aliphatic carbocycles. The average Bonchev–Trinajstić information content (AvgIpc) is 2.74. The average molecular weight is 542 g/mol. The molecule has 34 heavy (non-hydrogen) atoms. The summed E-state index contributed by atoms with van der Waals surface area (Å²) in [5, 5.41) is 3.42. The van der Waals surface area contributed by atoms with Crippen molar-refractivity contribution in [2.75, 3.05) is 20.6 Å². The van der Waals surface area contributed by atoms with E-state index in [2.05, 4.69) is 10.0 Å².